The molecule has 5 nitrogen and oxygen atoms in total. The molecule has 0 aromatic heterocycles. The predicted octanol–water partition coefficient (Wildman–Crippen LogP) is 2.08. The molecule has 1 aromatic rings. The number of benzene rings is 1. The van der Waals surface area contributed by atoms with Gasteiger partial charge in [-0.05, 0) is 39.4 Å². The average molecular weight is 370 g/mol. The normalized spacial score (nSPS) is 12.3. The third kappa shape index (κ3) is 6.58. The molecule has 1 rings (SSSR count). The molecule has 6 heteroatoms. The standard InChI is InChI=1S/C16H24BrN3O2/c1-11(2)18-15(21)9-20(4)10-16(22)19-12(3)13-7-5-6-8-14(13)17/h5-8,11-12H,9-10H2,1-4H3,(H,18,21)(H,19,22)/t12-/m0/s1. The predicted molar refractivity (Wildman–Crippen MR) is 91.5 cm³/mol. The van der Waals surface area contributed by atoms with Gasteiger partial charge < -0.3 is 10.6 Å². The highest BCUT2D eigenvalue weighted by molar-refractivity contribution is 9.10. The number of rotatable bonds is 7. The first-order chi connectivity index (χ1) is 10.3. The van der Waals surface area contributed by atoms with Gasteiger partial charge in [0.25, 0.3) is 0 Å². The van der Waals surface area contributed by atoms with E-state index in [1.807, 2.05) is 45.0 Å². The van der Waals surface area contributed by atoms with Gasteiger partial charge in [0.15, 0.2) is 0 Å². The summed E-state index contributed by atoms with van der Waals surface area (Å²) in [6, 6.07) is 7.79. The molecule has 122 valence electrons. The third-order valence-electron chi connectivity index (χ3n) is 3.03. The number of carbonyl (C=O) groups excluding carboxylic acids is 2. The van der Waals surface area contributed by atoms with Crippen molar-refractivity contribution in [3.63, 3.8) is 0 Å². The fourth-order valence-electron chi connectivity index (χ4n) is 2.10. The van der Waals surface area contributed by atoms with Crippen molar-refractivity contribution < 1.29 is 9.59 Å². The van der Waals surface area contributed by atoms with Gasteiger partial charge in [-0.15, -0.1) is 0 Å². The summed E-state index contributed by atoms with van der Waals surface area (Å²) in [6.45, 7) is 6.13. The van der Waals surface area contributed by atoms with Crippen LogP contribution in [0.2, 0.25) is 0 Å². The van der Waals surface area contributed by atoms with Gasteiger partial charge in [-0.25, -0.2) is 0 Å². The molecule has 2 N–H and O–H groups in total. The number of carbonyl (C=O) groups is 2. The number of halogens is 1. The lowest BCUT2D eigenvalue weighted by Gasteiger charge is -2.20. The summed E-state index contributed by atoms with van der Waals surface area (Å²) in [5.41, 5.74) is 1.02. The summed E-state index contributed by atoms with van der Waals surface area (Å²) >= 11 is 3.48. The van der Waals surface area contributed by atoms with Crippen LogP contribution >= 0.6 is 15.9 Å². The van der Waals surface area contributed by atoms with Crippen molar-refractivity contribution in [2.24, 2.45) is 0 Å². The van der Waals surface area contributed by atoms with Crippen LogP contribution in [0.15, 0.2) is 28.7 Å². The minimum Gasteiger partial charge on any atom is -0.353 e. The molecule has 1 atom stereocenters. The van der Waals surface area contributed by atoms with Crippen molar-refractivity contribution in [3.8, 4) is 0 Å². The van der Waals surface area contributed by atoms with E-state index in [4.69, 9.17) is 0 Å². The number of nitrogens with one attached hydrogen (secondary N) is 2. The van der Waals surface area contributed by atoms with Gasteiger partial charge in [-0.3, -0.25) is 14.5 Å². The van der Waals surface area contributed by atoms with Crippen molar-refractivity contribution in [2.45, 2.75) is 32.9 Å². The molecule has 0 fully saturated rings. The van der Waals surface area contributed by atoms with Crippen molar-refractivity contribution in [3.05, 3.63) is 34.3 Å². The molecule has 0 aliphatic rings. The lowest BCUT2D eigenvalue weighted by atomic mass is 10.1. The number of hydrogen-bond acceptors (Lipinski definition) is 3. The number of hydrogen-bond donors (Lipinski definition) is 2. The minimum absolute atomic E-state index is 0.0795. The zero-order valence-electron chi connectivity index (χ0n) is 13.5. The lowest BCUT2D eigenvalue weighted by molar-refractivity contribution is -0.125. The molecule has 0 heterocycles. The Balaban J connectivity index is 2.45. The van der Waals surface area contributed by atoms with E-state index in [-0.39, 0.29) is 37.0 Å². The van der Waals surface area contributed by atoms with E-state index in [0.29, 0.717) is 0 Å². The number of amides is 2. The van der Waals surface area contributed by atoms with Gasteiger partial charge in [-0.2, -0.15) is 0 Å². The zero-order chi connectivity index (χ0) is 16.7. The van der Waals surface area contributed by atoms with Crippen LogP contribution in [0.5, 0.6) is 0 Å². The van der Waals surface area contributed by atoms with E-state index >= 15 is 0 Å². The molecular formula is C16H24BrN3O2. The molecule has 0 saturated carbocycles. The van der Waals surface area contributed by atoms with Crippen molar-refractivity contribution in [1.29, 1.82) is 0 Å². The molecule has 0 spiro atoms. The summed E-state index contributed by atoms with van der Waals surface area (Å²) in [6.07, 6.45) is 0. The Labute approximate surface area is 140 Å². The first-order valence-corrected chi connectivity index (χ1v) is 8.10. The summed E-state index contributed by atoms with van der Waals surface area (Å²) < 4.78 is 0.965. The Hall–Kier alpha value is -1.40. The first kappa shape index (κ1) is 18.6. The largest absolute Gasteiger partial charge is 0.353 e. The average Bonchev–Trinajstić information content (AvgIpc) is 2.37. The zero-order valence-corrected chi connectivity index (χ0v) is 15.1. The molecule has 0 saturated heterocycles. The maximum absolute atomic E-state index is 12.1. The second kappa shape index (κ2) is 8.90. The summed E-state index contributed by atoms with van der Waals surface area (Å²) in [7, 11) is 1.75. The van der Waals surface area contributed by atoms with E-state index in [0.717, 1.165) is 10.0 Å². The monoisotopic (exact) mass is 369 g/mol. The molecule has 1 aromatic carbocycles. The van der Waals surface area contributed by atoms with E-state index in [2.05, 4.69) is 26.6 Å². The van der Waals surface area contributed by atoms with Crippen LogP contribution in [0.1, 0.15) is 32.4 Å². The molecule has 0 radical (unpaired) electrons. The van der Waals surface area contributed by atoms with Crippen molar-refractivity contribution in [2.75, 3.05) is 20.1 Å². The highest BCUT2D eigenvalue weighted by Crippen LogP contribution is 2.22. The summed E-state index contributed by atoms with van der Waals surface area (Å²) in [4.78, 5) is 25.4. The molecular weight excluding hydrogens is 346 g/mol. The summed E-state index contributed by atoms with van der Waals surface area (Å²) in [5, 5.41) is 5.74. The molecule has 2 amide bonds. The Morgan fingerprint density at radius 3 is 2.18 bits per heavy atom. The van der Waals surface area contributed by atoms with Crippen LogP contribution in [0.4, 0.5) is 0 Å². The van der Waals surface area contributed by atoms with Gasteiger partial charge in [-0.1, -0.05) is 34.1 Å². The fraction of sp³-hybridized carbons (Fsp3) is 0.500. The Morgan fingerprint density at radius 1 is 1.09 bits per heavy atom. The number of nitrogens with zero attached hydrogens (tertiary/aromatic N) is 1. The number of likely N-dealkylation sites (N-methyl/N-ethyl adjacent to an activating group) is 1. The highest BCUT2D eigenvalue weighted by Gasteiger charge is 2.15. The smallest absolute Gasteiger partial charge is 0.234 e. The second-order valence-electron chi connectivity index (χ2n) is 5.71. The van der Waals surface area contributed by atoms with E-state index < -0.39 is 0 Å². The maximum Gasteiger partial charge on any atom is 0.234 e. The van der Waals surface area contributed by atoms with Crippen LogP contribution in [0.3, 0.4) is 0 Å². The van der Waals surface area contributed by atoms with E-state index in [1.54, 1.807) is 11.9 Å². The molecule has 0 aliphatic heterocycles. The van der Waals surface area contributed by atoms with Crippen LogP contribution in [-0.2, 0) is 9.59 Å². The maximum atomic E-state index is 12.1. The molecule has 22 heavy (non-hydrogen) atoms. The quantitative estimate of drug-likeness (QED) is 0.773. The Kier molecular flexibility index (Phi) is 7.55. The van der Waals surface area contributed by atoms with Gasteiger partial charge in [0.05, 0.1) is 19.1 Å². The van der Waals surface area contributed by atoms with Gasteiger partial charge >= 0.3 is 0 Å². The Morgan fingerprint density at radius 2 is 1.64 bits per heavy atom. The SMILES string of the molecule is CC(C)NC(=O)CN(C)CC(=O)N[C@@H](C)c1ccccc1Br. The molecule has 0 aliphatic carbocycles. The fourth-order valence-corrected chi connectivity index (χ4v) is 2.73. The minimum atomic E-state index is -0.108. The van der Waals surface area contributed by atoms with E-state index in [9.17, 15) is 9.59 Å². The van der Waals surface area contributed by atoms with Crippen molar-refractivity contribution in [1.82, 2.24) is 15.5 Å². The van der Waals surface area contributed by atoms with Gasteiger partial charge in [0.1, 0.15) is 0 Å². The Bertz CT molecular complexity index is 520. The van der Waals surface area contributed by atoms with Crippen LogP contribution < -0.4 is 10.6 Å². The van der Waals surface area contributed by atoms with Crippen LogP contribution in [0.25, 0.3) is 0 Å². The van der Waals surface area contributed by atoms with Crippen molar-refractivity contribution >= 4 is 27.7 Å². The van der Waals surface area contributed by atoms with Crippen LogP contribution in [0, 0.1) is 0 Å². The third-order valence-corrected chi connectivity index (χ3v) is 3.75. The topological polar surface area (TPSA) is 61.4 Å². The summed E-state index contributed by atoms with van der Waals surface area (Å²) in [5.74, 6) is -0.188. The lowest BCUT2D eigenvalue weighted by Crippen LogP contribution is -2.42. The van der Waals surface area contributed by atoms with Gasteiger partial charge in [0, 0.05) is 10.5 Å². The van der Waals surface area contributed by atoms with E-state index in [1.165, 1.54) is 0 Å². The van der Waals surface area contributed by atoms with Gasteiger partial charge in [0.2, 0.25) is 11.8 Å². The molecule has 0 unspecified atom stereocenters. The van der Waals surface area contributed by atoms with Crippen LogP contribution in [-0.4, -0.2) is 42.9 Å². The first-order valence-electron chi connectivity index (χ1n) is 7.31. The highest BCUT2D eigenvalue weighted by atomic mass is 79.9. The second-order valence-corrected chi connectivity index (χ2v) is 6.56. The molecule has 0 bridgehead atoms.